The summed E-state index contributed by atoms with van der Waals surface area (Å²) < 4.78 is 5.00. The molecule has 1 fully saturated rings. The standard InChI is InChI=1S/C25H31N5O6/c1-4-36-25(35)30-13-11-29(12-14-30)24(34)19(9-10-21(31)32)28-23(33)20-15-17(3)26-22(27-20)18-7-5-16(2)6-8-18/h5-8,15,19H,4,9-14H2,1-3H3,(H,28,33)(H,31,32)/t19-/m0/s1. The second-order valence-electron chi connectivity index (χ2n) is 8.55. The molecule has 2 aromatic rings. The van der Waals surface area contributed by atoms with Crippen molar-refractivity contribution < 1.29 is 29.0 Å². The molecule has 1 aliphatic rings. The van der Waals surface area contributed by atoms with Crippen LogP contribution in [0.4, 0.5) is 4.79 Å². The highest BCUT2D eigenvalue weighted by Crippen LogP contribution is 2.17. The predicted molar refractivity (Wildman–Crippen MR) is 130 cm³/mol. The van der Waals surface area contributed by atoms with E-state index in [1.807, 2.05) is 31.2 Å². The van der Waals surface area contributed by atoms with Gasteiger partial charge < -0.3 is 25.0 Å². The minimum atomic E-state index is -1.08. The Bertz CT molecular complexity index is 1110. The van der Waals surface area contributed by atoms with Crippen molar-refractivity contribution in [3.05, 3.63) is 47.3 Å². The molecule has 0 aliphatic carbocycles. The summed E-state index contributed by atoms with van der Waals surface area (Å²) in [6.07, 6.45) is -0.812. The van der Waals surface area contributed by atoms with Crippen molar-refractivity contribution in [3.63, 3.8) is 0 Å². The van der Waals surface area contributed by atoms with Gasteiger partial charge in [0.05, 0.1) is 6.61 Å². The third kappa shape index (κ3) is 7.00. The summed E-state index contributed by atoms with van der Waals surface area (Å²) >= 11 is 0. The fourth-order valence-electron chi connectivity index (χ4n) is 3.82. The lowest BCUT2D eigenvalue weighted by molar-refractivity contribution is -0.138. The predicted octanol–water partition coefficient (Wildman–Crippen LogP) is 2.02. The Balaban J connectivity index is 1.74. The molecule has 0 bridgehead atoms. The molecule has 1 aromatic carbocycles. The molecule has 0 spiro atoms. The normalized spacial score (nSPS) is 14.2. The second kappa shape index (κ2) is 12.1. The Kier molecular flexibility index (Phi) is 8.93. The van der Waals surface area contributed by atoms with E-state index in [2.05, 4.69) is 15.3 Å². The van der Waals surface area contributed by atoms with Crippen molar-refractivity contribution in [2.24, 2.45) is 0 Å². The van der Waals surface area contributed by atoms with Crippen LogP contribution >= 0.6 is 0 Å². The van der Waals surface area contributed by atoms with Crippen molar-refractivity contribution in [2.75, 3.05) is 32.8 Å². The molecule has 36 heavy (non-hydrogen) atoms. The lowest BCUT2D eigenvalue weighted by Crippen LogP contribution is -2.56. The molecule has 11 nitrogen and oxygen atoms in total. The SMILES string of the molecule is CCOC(=O)N1CCN(C(=O)[C@H](CCC(=O)O)NC(=O)c2cc(C)nc(-c3ccc(C)cc3)n2)CC1. The van der Waals surface area contributed by atoms with Crippen LogP contribution in [0.1, 0.15) is 41.5 Å². The van der Waals surface area contributed by atoms with Crippen molar-refractivity contribution in [3.8, 4) is 11.4 Å². The average molecular weight is 498 g/mol. The van der Waals surface area contributed by atoms with Gasteiger partial charge in [-0.15, -0.1) is 0 Å². The van der Waals surface area contributed by atoms with Crippen molar-refractivity contribution >= 4 is 23.9 Å². The van der Waals surface area contributed by atoms with Crippen LogP contribution in [-0.2, 0) is 14.3 Å². The van der Waals surface area contributed by atoms with Crippen LogP contribution in [0.15, 0.2) is 30.3 Å². The molecule has 3 rings (SSSR count). The van der Waals surface area contributed by atoms with E-state index in [0.717, 1.165) is 11.1 Å². The second-order valence-corrected chi connectivity index (χ2v) is 8.55. The van der Waals surface area contributed by atoms with Crippen LogP contribution in [0.2, 0.25) is 0 Å². The molecule has 0 radical (unpaired) electrons. The average Bonchev–Trinajstić information content (AvgIpc) is 2.86. The Morgan fingerprint density at radius 3 is 2.28 bits per heavy atom. The molecule has 0 unspecified atom stereocenters. The lowest BCUT2D eigenvalue weighted by atomic mass is 10.1. The zero-order chi connectivity index (χ0) is 26.2. The molecule has 1 saturated heterocycles. The summed E-state index contributed by atoms with van der Waals surface area (Å²) in [7, 11) is 0. The van der Waals surface area contributed by atoms with Gasteiger partial charge in [-0.3, -0.25) is 14.4 Å². The maximum Gasteiger partial charge on any atom is 0.409 e. The highest BCUT2D eigenvalue weighted by molar-refractivity contribution is 5.96. The first-order chi connectivity index (χ1) is 17.2. The molecule has 2 N–H and O–H groups in total. The summed E-state index contributed by atoms with van der Waals surface area (Å²) in [5, 5.41) is 11.8. The van der Waals surface area contributed by atoms with E-state index in [1.165, 1.54) is 15.9 Å². The summed E-state index contributed by atoms with van der Waals surface area (Å²) in [6, 6.07) is 8.03. The van der Waals surface area contributed by atoms with Gasteiger partial charge in [-0.25, -0.2) is 14.8 Å². The summed E-state index contributed by atoms with van der Waals surface area (Å²) in [5.74, 6) is -1.70. The van der Waals surface area contributed by atoms with Crippen molar-refractivity contribution in [1.29, 1.82) is 0 Å². The number of carboxylic acids is 1. The van der Waals surface area contributed by atoms with Crippen LogP contribution in [-0.4, -0.2) is 87.6 Å². The largest absolute Gasteiger partial charge is 0.481 e. The number of hydrogen-bond donors (Lipinski definition) is 2. The number of carboxylic acid groups (broad SMARTS) is 1. The van der Waals surface area contributed by atoms with Crippen molar-refractivity contribution in [2.45, 2.75) is 39.7 Å². The van der Waals surface area contributed by atoms with Gasteiger partial charge >= 0.3 is 12.1 Å². The number of nitrogens with one attached hydrogen (secondary N) is 1. The van der Waals surface area contributed by atoms with E-state index in [1.54, 1.807) is 13.8 Å². The van der Waals surface area contributed by atoms with Crippen LogP contribution in [0.5, 0.6) is 0 Å². The molecule has 192 valence electrons. The number of hydrogen-bond acceptors (Lipinski definition) is 7. The quantitative estimate of drug-likeness (QED) is 0.564. The maximum absolute atomic E-state index is 13.2. The first-order valence-corrected chi connectivity index (χ1v) is 11.8. The number of ether oxygens (including phenoxy) is 1. The van der Waals surface area contributed by atoms with Gasteiger partial charge in [0.25, 0.3) is 5.91 Å². The number of amides is 3. The highest BCUT2D eigenvalue weighted by atomic mass is 16.6. The first-order valence-electron chi connectivity index (χ1n) is 11.8. The molecule has 1 atom stereocenters. The minimum absolute atomic E-state index is 0.0765. The molecular formula is C25H31N5O6. The number of carbonyl (C=O) groups is 4. The monoisotopic (exact) mass is 497 g/mol. The van der Waals surface area contributed by atoms with Gasteiger partial charge in [-0.1, -0.05) is 29.8 Å². The number of aryl methyl sites for hydroxylation is 2. The molecule has 2 heterocycles. The number of piperazine rings is 1. The van der Waals surface area contributed by atoms with E-state index in [9.17, 15) is 19.2 Å². The van der Waals surface area contributed by atoms with Crippen LogP contribution < -0.4 is 5.32 Å². The topological polar surface area (TPSA) is 142 Å². The van der Waals surface area contributed by atoms with Gasteiger partial charge in [0, 0.05) is 43.9 Å². The number of carbonyl (C=O) groups excluding carboxylic acids is 3. The highest BCUT2D eigenvalue weighted by Gasteiger charge is 2.31. The minimum Gasteiger partial charge on any atom is -0.481 e. The third-order valence-corrected chi connectivity index (χ3v) is 5.76. The maximum atomic E-state index is 13.2. The Morgan fingerprint density at radius 2 is 1.67 bits per heavy atom. The number of benzene rings is 1. The lowest BCUT2D eigenvalue weighted by Gasteiger charge is -2.35. The van der Waals surface area contributed by atoms with E-state index >= 15 is 0 Å². The van der Waals surface area contributed by atoms with Gasteiger partial charge in [-0.05, 0) is 33.3 Å². The third-order valence-electron chi connectivity index (χ3n) is 5.76. The molecule has 0 saturated carbocycles. The van der Waals surface area contributed by atoms with Gasteiger partial charge in [0.15, 0.2) is 5.82 Å². The number of aromatic nitrogens is 2. The van der Waals surface area contributed by atoms with Gasteiger partial charge in [0.2, 0.25) is 5.91 Å². The molecular weight excluding hydrogens is 466 g/mol. The Hall–Kier alpha value is -4.02. The fraction of sp³-hybridized carbons (Fsp3) is 0.440. The van der Waals surface area contributed by atoms with Gasteiger partial charge in [-0.2, -0.15) is 0 Å². The Morgan fingerprint density at radius 1 is 1.03 bits per heavy atom. The first kappa shape index (κ1) is 26.6. The summed E-state index contributed by atoms with van der Waals surface area (Å²) in [5.41, 5.74) is 2.48. The number of nitrogens with zero attached hydrogens (tertiary/aromatic N) is 4. The zero-order valence-corrected chi connectivity index (χ0v) is 20.7. The summed E-state index contributed by atoms with van der Waals surface area (Å²) in [6.45, 7) is 6.76. The van der Waals surface area contributed by atoms with Crippen LogP contribution in [0.25, 0.3) is 11.4 Å². The fourth-order valence-corrected chi connectivity index (χ4v) is 3.82. The zero-order valence-electron chi connectivity index (χ0n) is 20.7. The Labute approximate surface area is 209 Å². The number of aliphatic carboxylic acids is 1. The van der Waals surface area contributed by atoms with Crippen LogP contribution in [0, 0.1) is 13.8 Å². The van der Waals surface area contributed by atoms with E-state index < -0.39 is 29.9 Å². The molecule has 11 heteroatoms. The summed E-state index contributed by atoms with van der Waals surface area (Å²) in [4.78, 5) is 61.3. The molecule has 3 amide bonds. The van der Waals surface area contributed by atoms with Crippen molar-refractivity contribution in [1.82, 2.24) is 25.1 Å². The van der Waals surface area contributed by atoms with E-state index in [0.29, 0.717) is 11.5 Å². The van der Waals surface area contributed by atoms with E-state index in [4.69, 9.17) is 9.84 Å². The van der Waals surface area contributed by atoms with Gasteiger partial charge in [0.1, 0.15) is 11.7 Å². The van der Waals surface area contributed by atoms with E-state index in [-0.39, 0.29) is 51.3 Å². The number of rotatable bonds is 8. The van der Waals surface area contributed by atoms with Crippen LogP contribution in [0.3, 0.4) is 0 Å². The smallest absolute Gasteiger partial charge is 0.409 e. The molecule has 1 aliphatic heterocycles. The molecule has 1 aromatic heterocycles.